The number of pyridine rings is 1. The Morgan fingerprint density at radius 1 is 1.14 bits per heavy atom. The van der Waals surface area contributed by atoms with Crippen molar-refractivity contribution in [3.8, 4) is 0 Å². The number of carbonyl (C=O) groups is 1. The van der Waals surface area contributed by atoms with Crippen LogP contribution >= 0.6 is 0 Å². The van der Waals surface area contributed by atoms with Crippen molar-refractivity contribution in [2.45, 2.75) is 65.8 Å². The van der Waals surface area contributed by atoms with Gasteiger partial charge in [-0.1, -0.05) is 18.2 Å². The molecule has 1 aromatic carbocycles. The summed E-state index contributed by atoms with van der Waals surface area (Å²) in [5.74, 6) is 0.805. The van der Waals surface area contributed by atoms with Gasteiger partial charge in [-0.15, -0.1) is 0 Å². The molecule has 0 bridgehead atoms. The molecule has 3 rings (SSSR count). The van der Waals surface area contributed by atoms with Crippen molar-refractivity contribution in [2.24, 2.45) is 0 Å². The molecule has 0 aliphatic rings. The van der Waals surface area contributed by atoms with E-state index in [9.17, 15) is 4.79 Å². The van der Waals surface area contributed by atoms with Gasteiger partial charge in [-0.3, -0.25) is 4.98 Å². The minimum absolute atomic E-state index is 0.391. The number of amides is 1. The fraction of sp³-hybridized carbons (Fsp3) is 0.500. The van der Waals surface area contributed by atoms with E-state index >= 15 is 0 Å². The summed E-state index contributed by atoms with van der Waals surface area (Å²) in [4.78, 5) is 21.6. The second-order valence-corrected chi connectivity index (χ2v) is 8.77. The molecule has 2 aromatic heterocycles. The largest absolute Gasteiger partial charge is 0.444 e. The van der Waals surface area contributed by atoms with Crippen LogP contribution in [0.4, 0.5) is 4.79 Å². The summed E-state index contributed by atoms with van der Waals surface area (Å²) in [5, 5.41) is 4.00. The quantitative estimate of drug-likeness (QED) is 0.665. The van der Waals surface area contributed by atoms with Gasteiger partial charge in [-0.2, -0.15) is 0 Å². The van der Waals surface area contributed by atoms with E-state index in [0.29, 0.717) is 19.8 Å². The van der Waals surface area contributed by atoms with Crippen LogP contribution in [0, 0.1) is 0 Å². The lowest BCUT2D eigenvalue weighted by Gasteiger charge is -2.30. The Balaban J connectivity index is 2.01. The van der Waals surface area contributed by atoms with Crippen LogP contribution in [0.5, 0.6) is 0 Å². The van der Waals surface area contributed by atoms with Crippen LogP contribution in [-0.4, -0.2) is 38.4 Å². The first-order valence-corrected chi connectivity index (χ1v) is 9.91. The van der Waals surface area contributed by atoms with Crippen molar-refractivity contribution in [1.82, 2.24) is 19.9 Å². The van der Waals surface area contributed by atoms with Crippen molar-refractivity contribution in [2.75, 3.05) is 6.61 Å². The van der Waals surface area contributed by atoms with E-state index in [4.69, 9.17) is 14.5 Å². The number of aromatic nitrogens is 3. The van der Waals surface area contributed by atoms with Gasteiger partial charge in [-0.05, 0) is 47.6 Å². The highest BCUT2D eigenvalue weighted by molar-refractivity contribution is 6.02. The van der Waals surface area contributed by atoms with Crippen LogP contribution in [0.15, 0.2) is 30.5 Å². The third-order valence-electron chi connectivity index (χ3n) is 4.39. The average molecular weight is 399 g/mol. The summed E-state index contributed by atoms with van der Waals surface area (Å²) in [6.45, 7) is 12.9. The van der Waals surface area contributed by atoms with Crippen LogP contribution in [0.25, 0.3) is 21.9 Å². The molecule has 1 amide bonds. The number of carbonyl (C=O) groups excluding carboxylic acids is 1. The van der Waals surface area contributed by atoms with Gasteiger partial charge in [0, 0.05) is 18.5 Å². The lowest BCUT2D eigenvalue weighted by Crippen LogP contribution is -2.48. The molecule has 0 radical (unpaired) electrons. The lowest BCUT2D eigenvalue weighted by molar-refractivity contribution is 0.0462. The van der Waals surface area contributed by atoms with Gasteiger partial charge >= 0.3 is 6.09 Å². The molecule has 0 spiro atoms. The highest BCUT2D eigenvalue weighted by Crippen LogP contribution is 2.26. The Morgan fingerprint density at radius 2 is 1.86 bits per heavy atom. The Hall–Kier alpha value is -2.67. The number of rotatable bonds is 6. The maximum Gasteiger partial charge on any atom is 0.408 e. The number of fused-ring (bicyclic) bond motifs is 3. The number of benzene rings is 1. The van der Waals surface area contributed by atoms with E-state index in [1.807, 2.05) is 65.8 Å². The molecule has 0 aliphatic carbocycles. The summed E-state index contributed by atoms with van der Waals surface area (Å²) in [6, 6.07) is 7.99. The van der Waals surface area contributed by atoms with E-state index in [1.54, 1.807) is 6.20 Å². The zero-order chi connectivity index (χ0) is 21.2. The molecule has 2 heterocycles. The number of hydrogen-bond acceptors (Lipinski definition) is 5. The van der Waals surface area contributed by atoms with E-state index in [-0.39, 0.29) is 0 Å². The third kappa shape index (κ3) is 5.03. The van der Waals surface area contributed by atoms with E-state index < -0.39 is 17.2 Å². The Bertz CT molecular complexity index is 1020. The number of hydrogen-bond donors (Lipinski definition) is 1. The summed E-state index contributed by atoms with van der Waals surface area (Å²) < 4.78 is 13.2. The van der Waals surface area contributed by atoms with Crippen LogP contribution in [0.2, 0.25) is 0 Å². The average Bonchev–Trinajstić information content (AvgIpc) is 2.95. The second kappa shape index (κ2) is 7.99. The molecule has 1 N–H and O–H groups in total. The number of nitrogens with zero attached hydrogens (tertiary/aromatic N) is 3. The third-order valence-corrected chi connectivity index (χ3v) is 4.39. The van der Waals surface area contributed by atoms with Crippen molar-refractivity contribution < 1.29 is 14.3 Å². The number of para-hydroxylation sites is 1. The highest BCUT2D eigenvalue weighted by Gasteiger charge is 2.27. The first-order valence-electron chi connectivity index (χ1n) is 9.91. The molecule has 3 aromatic rings. The van der Waals surface area contributed by atoms with Crippen LogP contribution in [0.1, 0.15) is 47.4 Å². The van der Waals surface area contributed by atoms with Gasteiger partial charge in [0.15, 0.2) is 0 Å². The Labute approximate surface area is 171 Å². The first-order chi connectivity index (χ1) is 13.6. The number of ether oxygens (including phenoxy) is 2. The van der Waals surface area contributed by atoms with Gasteiger partial charge in [-0.25, -0.2) is 9.78 Å². The Morgan fingerprint density at radius 3 is 2.55 bits per heavy atom. The van der Waals surface area contributed by atoms with Gasteiger partial charge in [0.2, 0.25) is 0 Å². The zero-order valence-corrected chi connectivity index (χ0v) is 18.1. The Kier molecular flexibility index (Phi) is 5.80. The van der Waals surface area contributed by atoms with Crippen molar-refractivity contribution in [3.05, 3.63) is 36.3 Å². The van der Waals surface area contributed by atoms with Crippen LogP contribution in [0.3, 0.4) is 0 Å². The fourth-order valence-corrected chi connectivity index (χ4v) is 3.30. The minimum Gasteiger partial charge on any atom is -0.444 e. The smallest absolute Gasteiger partial charge is 0.408 e. The molecular formula is C22H30N4O3. The summed E-state index contributed by atoms with van der Waals surface area (Å²) in [7, 11) is 0. The standard InChI is InChI=1S/C22H30N4O3/c1-7-28-13-18-24-17-12-23-16-11-9-8-10-15(16)19(17)26(18)14-22(5,6)25-20(27)29-21(2,3)4/h8-12H,7,13-14H2,1-6H3,(H,25,27). The molecule has 7 nitrogen and oxygen atoms in total. The number of nitrogens with one attached hydrogen (secondary N) is 1. The van der Waals surface area contributed by atoms with E-state index in [0.717, 1.165) is 27.8 Å². The molecule has 0 unspecified atom stereocenters. The van der Waals surface area contributed by atoms with Crippen LogP contribution < -0.4 is 5.32 Å². The highest BCUT2D eigenvalue weighted by atomic mass is 16.6. The molecule has 156 valence electrons. The number of alkyl carbamates (subject to hydrolysis) is 1. The van der Waals surface area contributed by atoms with Gasteiger partial charge in [0.1, 0.15) is 23.5 Å². The SMILES string of the molecule is CCOCc1nc2cnc3ccccc3c2n1CC(C)(C)NC(=O)OC(C)(C)C. The summed E-state index contributed by atoms with van der Waals surface area (Å²) >= 11 is 0. The van der Waals surface area contributed by atoms with Crippen molar-refractivity contribution >= 4 is 28.0 Å². The van der Waals surface area contributed by atoms with E-state index in [2.05, 4.69) is 14.9 Å². The monoisotopic (exact) mass is 398 g/mol. The number of imidazole rings is 1. The molecule has 0 fully saturated rings. The first kappa shape index (κ1) is 21.0. The zero-order valence-electron chi connectivity index (χ0n) is 18.1. The summed E-state index contributed by atoms with van der Waals surface area (Å²) in [5.41, 5.74) is 1.59. The van der Waals surface area contributed by atoms with Gasteiger partial charge < -0.3 is 19.4 Å². The molecule has 7 heteroatoms. The van der Waals surface area contributed by atoms with Gasteiger partial charge in [0.25, 0.3) is 0 Å². The second-order valence-electron chi connectivity index (χ2n) is 8.77. The maximum atomic E-state index is 12.3. The predicted octanol–water partition coefficient (Wildman–Crippen LogP) is 4.42. The molecule has 0 saturated carbocycles. The fourth-order valence-electron chi connectivity index (χ4n) is 3.30. The molecule has 0 atom stereocenters. The maximum absolute atomic E-state index is 12.3. The predicted molar refractivity (Wildman–Crippen MR) is 114 cm³/mol. The topological polar surface area (TPSA) is 78.3 Å². The summed E-state index contributed by atoms with van der Waals surface area (Å²) in [6.07, 6.45) is 1.35. The normalized spacial score (nSPS) is 12.5. The van der Waals surface area contributed by atoms with Gasteiger partial charge in [0.05, 0.1) is 22.8 Å². The lowest BCUT2D eigenvalue weighted by atomic mass is 10.1. The van der Waals surface area contributed by atoms with E-state index in [1.165, 1.54) is 0 Å². The molecular weight excluding hydrogens is 368 g/mol. The molecule has 0 aliphatic heterocycles. The van der Waals surface area contributed by atoms with Crippen molar-refractivity contribution in [1.29, 1.82) is 0 Å². The molecule has 29 heavy (non-hydrogen) atoms. The van der Waals surface area contributed by atoms with Crippen LogP contribution in [-0.2, 0) is 22.6 Å². The minimum atomic E-state index is -0.568. The molecule has 0 saturated heterocycles. The van der Waals surface area contributed by atoms with Crippen molar-refractivity contribution in [3.63, 3.8) is 0 Å².